The maximum absolute atomic E-state index is 14.6. The molecule has 0 spiro atoms. The van der Waals surface area contributed by atoms with Crippen LogP contribution < -0.4 is 19.8 Å². The van der Waals surface area contributed by atoms with Crippen LogP contribution in [0.2, 0.25) is 0 Å². The van der Waals surface area contributed by atoms with Crippen molar-refractivity contribution in [2.75, 3.05) is 48.5 Å². The van der Waals surface area contributed by atoms with E-state index in [1.54, 1.807) is 22.8 Å². The number of aromatic nitrogens is 3. The molecule has 1 aliphatic rings. The number of sulfonamides is 1. The monoisotopic (exact) mass is 636 g/mol. The van der Waals surface area contributed by atoms with Crippen molar-refractivity contribution in [3.63, 3.8) is 0 Å². The summed E-state index contributed by atoms with van der Waals surface area (Å²) in [6, 6.07) is 16.4. The zero-order valence-corrected chi connectivity index (χ0v) is 24.6. The Kier molecular flexibility index (Phi) is 7.95. The zero-order valence-electron chi connectivity index (χ0n) is 23.8. The van der Waals surface area contributed by atoms with Crippen LogP contribution in [0.25, 0.3) is 27.8 Å². The molecule has 0 bridgehead atoms. The largest absolute Gasteiger partial charge is 0.480 e. The van der Waals surface area contributed by atoms with Gasteiger partial charge < -0.3 is 24.9 Å². The van der Waals surface area contributed by atoms with Crippen molar-refractivity contribution in [2.45, 2.75) is 4.90 Å². The summed E-state index contributed by atoms with van der Waals surface area (Å²) in [6.45, 7) is 2.72. The molecule has 6 rings (SSSR count). The number of hydrogen-bond acceptors (Lipinski definition) is 10. The Bertz CT molecular complexity index is 2000. The fourth-order valence-electron chi connectivity index (χ4n) is 5.11. The van der Waals surface area contributed by atoms with Crippen LogP contribution in [0.4, 0.5) is 26.1 Å². The lowest BCUT2D eigenvalue weighted by molar-refractivity contribution is -0.128. The van der Waals surface area contributed by atoms with Crippen molar-refractivity contribution in [1.29, 1.82) is 0 Å². The molecular weight excluding hydrogens is 610 g/mol. The highest BCUT2D eigenvalue weighted by Crippen LogP contribution is 2.35. The first-order chi connectivity index (χ1) is 21.7. The lowest BCUT2D eigenvalue weighted by Gasteiger charge is -2.29. The maximum Gasteiger partial charge on any atom is 0.322 e. The molecule has 2 N–H and O–H groups in total. The first kappa shape index (κ1) is 29.8. The van der Waals surface area contributed by atoms with Crippen LogP contribution in [-0.2, 0) is 24.4 Å². The van der Waals surface area contributed by atoms with E-state index in [4.69, 9.17) is 15.2 Å². The number of carbonyl (C=O) groups excluding carboxylic acids is 1. The minimum atomic E-state index is -4.85. The first-order valence-corrected chi connectivity index (χ1v) is 15.0. The molecule has 3 heterocycles. The van der Waals surface area contributed by atoms with Crippen LogP contribution in [0.3, 0.4) is 0 Å². The fourth-order valence-corrected chi connectivity index (χ4v) is 6.47. The van der Waals surface area contributed by atoms with E-state index < -0.39 is 32.2 Å². The second-order valence-electron chi connectivity index (χ2n) is 9.89. The van der Waals surface area contributed by atoms with Gasteiger partial charge in [-0.25, -0.2) is 18.7 Å². The van der Waals surface area contributed by atoms with Crippen LogP contribution in [0, 0.1) is 11.6 Å². The number of morpholine rings is 1. The van der Waals surface area contributed by atoms with Gasteiger partial charge in [0, 0.05) is 42.3 Å². The van der Waals surface area contributed by atoms with Crippen molar-refractivity contribution < 1.29 is 36.3 Å². The molecule has 45 heavy (non-hydrogen) atoms. The van der Waals surface area contributed by atoms with Crippen LogP contribution in [0.5, 0.6) is 5.88 Å². The number of fused-ring (bicyclic) bond motifs is 1. The number of ether oxygens (including phenoxy) is 2. The summed E-state index contributed by atoms with van der Waals surface area (Å²) in [5, 5.41) is 0. The number of anilines is 3. The van der Waals surface area contributed by atoms with E-state index in [1.165, 1.54) is 19.4 Å². The third-order valence-corrected chi connectivity index (χ3v) is 8.82. The van der Waals surface area contributed by atoms with Gasteiger partial charge in [0.2, 0.25) is 11.8 Å². The van der Waals surface area contributed by atoms with E-state index in [-0.39, 0.29) is 22.8 Å². The Hall–Kier alpha value is -5.28. The van der Waals surface area contributed by atoms with Gasteiger partial charge in [-0.3, -0.25) is 9.36 Å². The second kappa shape index (κ2) is 12.0. The minimum Gasteiger partial charge on any atom is -0.480 e. The van der Waals surface area contributed by atoms with E-state index in [1.807, 2.05) is 24.3 Å². The van der Waals surface area contributed by atoms with E-state index >= 15 is 0 Å². The number of carbonyl (C=O) groups is 1. The average molecular weight is 637 g/mol. The highest BCUT2D eigenvalue weighted by molar-refractivity contribution is 7.92. The van der Waals surface area contributed by atoms with Crippen molar-refractivity contribution in [3.05, 3.63) is 84.6 Å². The van der Waals surface area contributed by atoms with Gasteiger partial charge in [0.25, 0.3) is 0 Å². The molecule has 0 saturated carbocycles. The van der Waals surface area contributed by atoms with E-state index in [0.29, 0.717) is 41.4 Å². The summed E-state index contributed by atoms with van der Waals surface area (Å²) < 4.78 is 68.1. The van der Waals surface area contributed by atoms with Crippen LogP contribution >= 0.6 is 0 Å². The molecular formula is C30H26F2N6O6S. The quantitative estimate of drug-likeness (QED) is 0.186. The summed E-state index contributed by atoms with van der Waals surface area (Å²) >= 11 is 0. The lowest BCUT2D eigenvalue weighted by atomic mass is 10.1. The normalized spacial score (nSPS) is 13.5. The number of nitrogens with zero attached hydrogens (tertiary/aromatic N) is 5. The van der Waals surface area contributed by atoms with Gasteiger partial charge in [0.15, 0.2) is 10.7 Å². The number of nitrogens with two attached hydrogens (primary N) is 1. The van der Waals surface area contributed by atoms with E-state index in [0.717, 1.165) is 36.6 Å². The van der Waals surface area contributed by atoms with Gasteiger partial charge in [-0.05, 0) is 60.2 Å². The summed E-state index contributed by atoms with van der Waals surface area (Å²) in [7, 11) is -3.65. The maximum atomic E-state index is 14.6. The third kappa shape index (κ3) is 5.58. The molecule has 2 aromatic heterocycles. The standard InChI is InChI=1S/C30H26F2N6O6S/c1-42-29-28(45(40,41)38(44-18-39)26-9-3-21(31)16-24(26)32)15-20(17-34-29)19-2-8-25-27(14-19)37(30(33)35-25)23-6-4-22(5-7-23)36-10-12-43-13-11-36/h2-9,14-18H,10-13H2,1H3,(H2,33,35). The van der Waals surface area contributed by atoms with Crippen molar-refractivity contribution in [2.24, 2.45) is 0 Å². The summed E-state index contributed by atoms with van der Waals surface area (Å²) in [6.07, 6.45) is 1.39. The molecule has 0 amide bonds. The van der Waals surface area contributed by atoms with Crippen LogP contribution in [-0.4, -0.2) is 62.8 Å². The van der Waals surface area contributed by atoms with Crippen LogP contribution in [0.15, 0.2) is 77.8 Å². The minimum absolute atomic E-state index is 0.0393. The Morgan fingerprint density at radius 3 is 2.40 bits per heavy atom. The Morgan fingerprint density at radius 2 is 1.71 bits per heavy atom. The molecule has 0 atom stereocenters. The fraction of sp³-hybridized carbons (Fsp3) is 0.167. The SMILES string of the molecule is COc1ncc(-c2ccc3nc(N)n(-c4ccc(N5CCOCC5)cc4)c3c2)cc1S(=O)(=O)N(OC=O)c1ccc(F)cc1F. The molecule has 12 nitrogen and oxygen atoms in total. The summed E-state index contributed by atoms with van der Waals surface area (Å²) in [5.74, 6) is -2.33. The number of pyridine rings is 1. The van der Waals surface area contributed by atoms with E-state index in [2.05, 4.69) is 19.7 Å². The van der Waals surface area contributed by atoms with Gasteiger partial charge in [-0.1, -0.05) is 10.5 Å². The number of nitrogen functional groups attached to an aromatic ring is 1. The number of rotatable bonds is 9. The molecule has 15 heteroatoms. The van der Waals surface area contributed by atoms with Gasteiger partial charge in [0.05, 0.1) is 31.4 Å². The number of methoxy groups -OCH3 is 1. The molecule has 3 aromatic carbocycles. The molecule has 1 aliphatic heterocycles. The predicted octanol–water partition coefficient (Wildman–Crippen LogP) is 4.08. The van der Waals surface area contributed by atoms with Crippen molar-refractivity contribution in [1.82, 2.24) is 14.5 Å². The molecule has 232 valence electrons. The average Bonchev–Trinajstić information content (AvgIpc) is 3.39. The number of imidazole rings is 1. The number of hydrogen-bond donors (Lipinski definition) is 1. The summed E-state index contributed by atoms with van der Waals surface area (Å²) in [4.78, 5) is 26.2. The smallest absolute Gasteiger partial charge is 0.322 e. The Labute approximate surface area is 256 Å². The van der Waals surface area contributed by atoms with Crippen molar-refractivity contribution in [3.8, 4) is 22.7 Å². The molecule has 0 aliphatic carbocycles. The molecule has 0 radical (unpaired) electrons. The van der Waals surface area contributed by atoms with Gasteiger partial charge >= 0.3 is 16.5 Å². The predicted molar refractivity (Wildman–Crippen MR) is 161 cm³/mol. The third-order valence-electron chi connectivity index (χ3n) is 7.25. The molecule has 1 fully saturated rings. The topological polar surface area (TPSA) is 142 Å². The zero-order chi connectivity index (χ0) is 31.7. The second-order valence-corrected chi connectivity index (χ2v) is 11.6. The highest BCUT2D eigenvalue weighted by Gasteiger charge is 2.33. The van der Waals surface area contributed by atoms with Crippen LogP contribution in [0.1, 0.15) is 0 Å². The highest BCUT2D eigenvalue weighted by atomic mass is 32.2. The Balaban J connectivity index is 1.41. The van der Waals surface area contributed by atoms with Gasteiger partial charge in [-0.15, -0.1) is 0 Å². The van der Waals surface area contributed by atoms with E-state index in [9.17, 15) is 22.0 Å². The molecule has 0 unspecified atom stereocenters. The Morgan fingerprint density at radius 1 is 0.978 bits per heavy atom. The van der Waals surface area contributed by atoms with Gasteiger partial charge in [-0.2, -0.15) is 8.42 Å². The van der Waals surface area contributed by atoms with Gasteiger partial charge in [0.1, 0.15) is 11.5 Å². The lowest BCUT2D eigenvalue weighted by Crippen LogP contribution is -2.36. The van der Waals surface area contributed by atoms with Crippen molar-refractivity contribution >= 4 is 44.9 Å². The summed E-state index contributed by atoms with van der Waals surface area (Å²) in [5.41, 5.74) is 9.53. The number of benzene rings is 3. The molecule has 5 aromatic rings. The number of halogens is 2. The molecule has 1 saturated heterocycles. The first-order valence-electron chi connectivity index (χ1n) is 13.6.